The number of aromatic hydroxyl groups is 4. The van der Waals surface area contributed by atoms with E-state index in [0.29, 0.717) is 0 Å². The first-order chi connectivity index (χ1) is 14.7. The number of carbonyl (C=O) groups is 1. The number of ether oxygens (including phenoxy) is 3. The molecule has 11 heteroatoms. The molecule has 2 aromatic rings. The molecule has 0 amide bonds. The molecular weight excluding hydrogens is 416 g/mol. The first-order valence-corrected chi connectivity index (χ1v) is 9.27. The van der Waals surface area contributed by atoms with Crippen LogP contribution in [0.25, 0.3) is 0 Å². The van der Waals surface area contributed by atoms with Crippen molar-refractivity contribution in [2.45, 2.75) is 36.8 Å². The van der Waals surface area contributed by atoms with E-state index in [1.165, 1.54) is 6.07 Å². The zero-order valence-electron chi connectivity index (χ0n) is 15.8. The van der Waals surface area contributed by atoms with E-state index in [2.05, 4.69) is 0 Å². The Bertz CT molecular complexity index is 1010. The van der Waals surface area contributed by atoms with Gasteiger partial charge in [0.2, 0.25) is 5.78 Å². The third-order valence-corrected chi connectivity index (χ3v) is 5.16. The molecule has 2 aromatic carbocycles. The molecule has 1 fully saturated rings. The van der Waals surface area contributed by atoms with Crippen molar-refractivity contribution in [3.8, 4) is 28.7 Å². The largest absolute Gasteiger partial charge is 0.508 e. The van der Waals surface area contributed by atoms with Crippen molar-refractivity contribution < 1.29 is 54.8 Å². The lowest BCUT2D eigenvalue weighted by molar-refractivity contribution is -0.283. The summed E-state index contributed by atoms with van der Waals surface area (Å²) in [6.07, 6.45) is -8.95. The van der Waals surface area contributed by atoms with Crippen molar-refractivity contribution in [1.82, 2.24) is 0 Å². The van der Waals surface area contributed by atoms with Crippen molar-refractivity contribution in [2.75, 3.05) is 6.61 Å². The summed E-state index contributed by atoms with van der Waals surface area (Å²) in [6.45, 7) is -0.370. The van der Waals surface area contributed by atoms with Crippen LogP contribution in [0.4, 0.5) is 0 Å². The minimum atomic E-state index is -1.69. The van der Waals surface area contributed by atoms with Gasteiger partial charge in [0.15, 0.2) is 30.0 Å². The van der Waals surface area contributed by atoms with Gasteiger partial charge in [0.25, 0.3) is 0 Å². The number of ketones is 1. The third-order valence-electron chi connectivity index (χ3n) is 5.16. The minimum Gasteiger partial charge on any atom is -0.508 e. The van der Waals surface area contributed by atoms with E-state index in [9.17, 15) is 40.5 Å². The summed E-state index contributed by atoms with van der Waals surface area (Å²) in [5.41, 5.74) is -0.0963. The molecule has 0 aromatic heterocycles. The van der Waals surface area contributed by atoms with Crippen LogP contribution in [0.3, 0.4) is 0 Å². The van der Waals surface area contributed by atoms with Crippen molar-refractivity contribution in [2.24, 2.45) is 0 Å². The summed E-state index contributed by atoms with van der Waals surface area (Å²) in [5.74, 6) is -2.78. The van der Waals surface area contributed by atoms with E-state index in [-0.39, 0.29) is 29.2 Å². The number of hydrogen-bond acceptors (Lipinski definition) is 11. The van der Waals surface area contributed by atoms with Crippen molar-refractivity contribution in [1.29, 1.82) is 0 Å². The number of phenolic OH excluding ortho intramolecular Hbond substituents is 4. The summed E-state index contributed by atoms with van der Waals surface area (Å²) in [6, 6.07) is 5.71. The van der Waals surface area contributed by atoms with Crippen molar-refractivity contribution in [3.05, 3.63) is 41.5 Å². The molecule has 4 rings (SSSR count). The third kappa shape index (κ3) is 3.73. The first-order valence-electron chi connectivity index (χ1n) is 9.27. The van der Waals surface area contributed by atoms with Gasteiger partial charge in [-0.15, -0.1) is 0 Å². The first kappa shape index (κ1) is 21.2. The Kier molecular flexibility index (Phi) is 5.37. The van der Waals surface area contributed by atoms with Crippen LogP contribution >= 0.6 is 0 Å². The minimum absolute atomic E-state index is 0.152. The molecule has 7 N–H and O–H groups in total. The number of Topliss-reactive ketones (excluding diaryl/α,β-unsaturated/α-hetero) is 1. The highest BCUT2D eigenvalue weighted by Crippen LogP contribution is 2.44. The number of aliphatic hydroxyl groups is 3. The van der Waals surface area contributed by atoms with Gasteiger partial charge >= 0.3 is 0 Å². The second-order valence-corrected chi connectivity index (χ2v) is 7.30. The van der Waals surface area contributed by atoms with Gasteiger partial charge < -0.3 is 50.0 Å². The number of hydrogen-bond donors (Lipinski definition) is 7. The normalized spacial score (nSPS) is 30.5. The highest BCUT2D eigenvalue weighted by molar-refractivity contribution is 6.05. The fourth-order valence-corrected chi connectivity index (χ4v) is 3.54. The zero-order valence-corrected chi connectivity index (χ0v) is 15.8. The molecule has 0 spiro atoms. The number of phenols is 4. The molecule has 166 valence electrons. The van der Waals surface area contributed by atoms with E-state index in [4.69, 9.17) is 14.2 Å². The molecule has 0 radical (unpaired) electrons. The average molecular weight is 436 g/mol. The molecule has 2 aliphatic heterocycles. The van der Waals surface area contributed by atoms with Crippen LogP contribution < -0.4 is 4.74 Å². The Balaban J connectivity index is 1.74. The second-order valence-electron chi connectivity index (χ2n) is 7.30. The topological polar surface area (TPSA) is 186 Å². The molecule has 31 heavy (non-hydrogen) atoms. The average Bonchev–Trinajstić information content (AvgIpc) is 2.71. The quantitative estimate of drug-likeness (QED) is 0.312. The summed E-state index contributed by atoms with van der Waals surface area (Å²) < 4.78 is 16.6. The molecule has 0 bridgehead atoms. The molecule has 6 atom stereocenters. The van der Waals surface area contributed by atoms with E-state index in [1.54, 1.807) is 0 Å². The van der Waals surface area contributed by atoms with Crippen LogP contribution in [0.1, 0.15) is 22.0 Å². The molecule has 1 saturated heterocycles. The second kappa shape index (κ2) is 7.87. The number of benzene rings is 2. The van der Waals surface area contributed by atoms with Crippen LogP contribution in [0.15, 0.2) is 30.3 Å². The van der Waals surface area contributed by atoms with Crippen LogP contribution in [-0.2, 0) is 9.47 Å². The van der Waals surface area contributed by atoms with Crippen LogP contribution in [0.2, 0.25) is 0 Å². The van der Waals surface area contributed by atoms with Gasteiger partial charge in [0.05, 0.1) is 6.61 Å². The van der Waals surface area contributed by atoms with Crippen molar-refractivity contribution >= 4 is 5.78 Å². The summed E-state index contributed by atoms with van der Waals surface area (Å²) >= 11 is 0. The highest BCUT2D eigenvalue weighted by atomic mass is 16.7. The van der Waals surface area contributed by atoms with Crippen LogP contribution in [-0.4, -0.2) is 78.8 Å². The predicted octanol–water partition coefficient (Wildman–Crippen LogP) is -0.350. The maximum atomic E-state index is 13.2. The van der Waals surface area contributed by atoms with Gasteiger partial charge in [-0.3, -0.25) is 4.79 Å². The molecule has 2 aliphatic rings. The standard InChI is InChI=1S/C20H20O11/c21-8-4-11(24)14-13(5-8)30-18(7-1-2-9(22)10(23)3-7)19(16(14)27)31-20-17(28)15(26)12(25)6-29-20/h1-5,12,15,17-26,28H,6H2/t12-,15-,17+,18-,19-,20+/m0/s1. The molecule has 2 heterocycles. The van der Waals surface area contributed by atoms with E-state index >= 15 is 0 Å². The lowest BCUT2D eigenvalue weighted by Gasteiger charge is -2.39. The highest BCUT2D eigenvalue weighted by Gasteiger charge is 2.46. The molecule has 0 unspecified atom stereocenters. The molecule has 0 saturated carbocycles. The maximum Gasteiger partial charge on any atom is 0.203 e. The van der Waals surface area contributed by atoms with E-state index in [1.807, 2.05) is 0 Å². The van der Waals surface area contributed by atoms with Gasteiger partial charge in [-0.25, -0.2) is 0 Å². The smallest absolute Gasteiger partial charge is 0.203 e. The predicted molar refractivity (Wildman–Crippen MR) is 99.9 cm³/mol. The molecule has 11 nitrogen and oxygen atoms in total. The molecule has 0 aliphatic carbocycles. The lowest BCUT2D eigenvalue weighted by Crippen LogP contribution is -2.56. The zero-order chi connectivity index (χ0) is 22.4. The molecular formula is C20H20O11. The Labute approximate surface area is 174 Å². The fourth-order valence-electron chi connectivity index (χ4n) is 3.54. The van der Waals surface area contributed by atoms with E-state index < -0.39 is 59.8 Å². The van der Waals surface area contributed by atoms with Gasteiger partial charge in [-0.05, 0) is 17.7 Å². The Hall–Kier alpha value is -3.09. The Morgan fingerprint density at radius 3 is 2.35 bits per heavy atom. The van der Waals surface area contributed by atoms with Gasteiger partial charge in [-0.2, -0.15) is 0 Å². The van der Waals surface area contributed by atoms with E-state index in [0.717, 1.165) is 24.3 Å². The lowest BCUT2D eigenvalue weighted by atomic mass is 9.92. The van der Waals surface area contributed by atoms with Gasteiger partial charge in [0, 0.05) is 12.1 Å². The summed E-state index contributed by atoms with van der Waals surface area (Å²) in [5, 5.41) is 69.0. The SMILES string of the molecule is O=C1c2c(O)cc(O)cc2O[C@@H](c2ccc(O)c(O)c2)[C@H]1O[C@H]1OC[C@H](O)[C@H](O)[C@H]1O. The summed E-state index contributed by atoms with van der Waals surface area (Å²) in [7, 11) is 0. The number of carbonyl (C=O) groups excluding carboxylic acids is 1. The monoisotopic (exact) mass is 436 g/mol. The number of fused-ring (bicyclic) bond motifs is 1. The Morgan fingerprint density at radius 1 is 0.903 bits per heavy atom. The number of rotatable bonds is 3. The van der Waals surface area contributed by atoms with Crippen molar-refractivity contribution in [3.63, 3.8) is 0 Å². The summed E-state index contributed by atoms with van der Waals surface area (Å²) in [4.78, 5) is 13.2. The number of aliphatic hydroxyl groups excluding tert-OH is 3. The Morgan fingerprint density at radius 2 is 1.65 bits per heavy atom. The van der Waals surface area contributed by atoms with Gasteiger partial charge in [-0.1, -0.05) is 6.07 Å². The van der Waals surface area contributed by atoms with Crippen LogP contribution in [0, 0.1) is 0 Å². The fraction of sp³-hybridized carbons (Fsp3) is 0.350. The van der Waals surface area contributed by atoms with Gasteiger partial charge in [0.1, 0.15) is 41.1 Å². The maximum absolute atomic E-state index is 13.2. The van der Waals surface area contributed by atoms with Crippen LogP contribution in [0.5, 0.6) is 28.7 Å².